The second-order valence-electron chi connectivity index (χ2n) is 7.38. The van der Waals surface area contributed by atoms with E-state index < -0.39 is 10.0 Å². The highest BCUT2D eigenvalue weighted by molar-refractivity contribution is 7.89. The molecule has 28 heavy (non-hydrogen) atoms. The highest BCUT2D eigenvalue weighted by atomic mass is 32.2. The van der Waals surface area contributed by atoms with Crippen LogP contribution in [0.25, 0.3) is 11.2 Å². The number of nitrogens with one attached hydrogen (secondary N) is 1. The van der Waals surface area contributed by atoms with Crippen molar-refractivity contribution in [2.24, 2.45) is 22.0 Å². The zero-order valence-electron chi connectivity index (χ0n) is 16.9. The third-order valence-electron chi connectivity index (χ3n) is 5.85. The number of H-pyrrole nitrogens is 1. The third-order valence-corrected chi connectivity index (χ3v) is 8.04. The molecule has 0 bridgehead atoms. The molecule has 1 aliphatic rings. The average molecular weight is 407 g/mol. The van der Waals surface area contributed by atoms with Crippen LogP contribution in [0.5, 0.6) is 0 Å². The summed E-state index contributed by atoms with van der Waals surface area (Å²) >= 11 is 0. The van der Waals surface area contributed by atoms with Crippen molar-refractivity contribution in [1.29, 1.82) is 0 Å². The first-order valence-corrected chi connectivity index (χ1v) is 11.6. The SMILES string of the molecule is C=N/N=c1/cnc2[nH]ccc2n1C1C[C@H](CS(=O)(=O)N(CC)CC)C[C@@H]1CC. The molecule has 8 nitrogen and oxygen atoms in total. The molecular formula is C19H30N6O2S. The van der Waals surface area contributed by atoms with E-state index >= 15 is 0 Å². The van der Waals surface area contributed by atoms with Crippen LogP contribution in [0.15, 0.2) is 28.7 Å². The van der Waals surface area contributed by atoms with Crippen LogP contribution in [0, 0.1) is 11.8 Å². The second kappa shape index (κ2) is 8.57. The van der Waals surface area contributed by atoms with Gasteiger partial charge in [-0.2, -0.15) is 5.10 Å². The van der Waals surface area contributed by atoms with Crippen LogP contribution < -0.4 is 5.49 Å². The molecule has 1 N–H and O–H groups in total. The van der Waals surface area contributed by atoms with Gasteiger partial charge in [-0.05, 0) is 30.7 Å². The maximum Gasteiger partial charge on any atom is 0.214 e. The van der Waals surface area contributed by atoms with Gasteiger partial charge in [0.05, 0.1) is 17.5 Å². The molecule has 1 saturated carbocycles. The molecule has 154 valence electrons. The van der Waals surface area contributed by atoms with Crippen LogP contribution in [-0.4, -0.2) is 52.8 Å². The number of hydrogen-bond acceptors (Lipinski definition) is 5. The van der Waals surface area contributed by atoms with Gasteiger partial charge in [0, 0.05) is 32.0 Å². The van der Waals surface area contributed by atoms with Crippen LogP contribution >= 0.6 is 0 Å². The van der Waals surface area contributed by atoms with E-state index in [1.54, 1.807) is 10.5 Å². The Balaban J connectivity index is 1.97. The fourth-order valence-corrected chi connectivity index (χ4v) is 6.45. The van der Waals surface area contributed by atoms with Crippen molar-refractivity contribution < 1.29 is 8.42 Å². The first-order valence-electron chi connectivity index (χ1n) is 9.97. The number of aromatic amines is 1. The summed E-state index contributed by atoms with van der Waals surface area (Å²) in [4.78, 5) is 7.55. The Morgan fingerprint density at radius 3 is 2.71 bits per heavy atom. The lowest BCUT2D eigenvalue weighted by Gasteiger charge is -2.23. The molecule has 9 heteroatoms. The van der Waals surface area contributed by atoms with Crippen LogP contribution in [0.1, 0.15) is 46.1 Å². The molecule has 0 aliphatic heterocycles. The largest absolute Gasteiger partial charge is 0.345 e. The summed E-state index contributed by atoms with van der Waals surface area (Å²) in [6.45, 7) is 10.5. The fourth-order valence-electron chi connectivity index (χ4n) is 4.58. The Morgan fingerprint density at radius 2 is 2.07 bits per heavy atom. The minimum absolute atomic E-state index is 0.125. The number of fused-ring (bicyclic) bond motifs is 1. The summed E-state index contributed by atoms with van der Waals surface area (Å²) in [5, 5.41) is 7.88. The van der Waals surface area contributed by atoms with E-state index in [-0.39, 0.29) is 17.7 Å². The van der Waals surface area contributed by atoms with Crippen molar-refractivity contribution in [2.75, 3.05) is 18.8 Å². The summed E-state index contributed by atoms with van der Waals surface area (Å²) in [5.41, 5.74) is 2.40. The van der Waals surface area contributed by atoms with Crippen molar-refractivity contribution in [3.8, 4) is 0 Å². The molecule has 2 aromatic rings. The van der Waals surface area contributed by atoms with E-state index in [9.17, 15) is 8.42 Å². The van der Waals surface area contributed by atoms with Crippen molar-refractivity contribution in [3.05, 3.63) is 23.9 Å². The van der Waals surface area contributed by atoms with E-state index in [2.05, 4.69) is 38.4 Å². The van der Waals surface area contributed by atoms with Gasteiger partial charge in [0.15, 0.2) is 11.1 Å². The maximum absolute atomic E-state index is 12.8. The van der Waals surface area contributed by atoms with Gasteiger partial charge in [-0.25, -0.2) is 17.7 Å². The molecular weight excluding hydrogens is 376 g/mol. The highest BCUT2D eigenvalue weighted by Crippen LogP contribution is 2.42. The molecule has 1 unspecified atom stereocenters. The number of sulfonamides is 1. The number of aromatic nitrogens is 3. The van der Waals surface area contributed by atoms with E-state index in [0.29, 0.717) is 24.5 Å². The van der Waals surface area contributed by atoms with Gasteiger partial charge in [0.1, 0.15) is 0 Å². The molecule has 0 aromatic carbocycles. The number of hydrogen-bond donors (Lipinski definition) is 1. The van der Waals surface area contributed by atoms with Crippen LogP contribution in [0.3, 0.4) is 0 Å². The Morgan fingerprint density at radius 1 is 1.32 bits per heavy atom. The lowest BCUT2D eigenvalue weighted by molar-refractivity contribution is 0.367. The van der Waals surface area contributed by atoms with Gasteiger partial charge in [-0.15, -0.1) is 5.10 Å². The van der Waals surface area contributed by atoms with Gasteiger partial charge in [0.25, 0.3) is 0 Å². The topological polar surface area (TPSA) is 95.7 Å². The summed E-state index contributed by atoms with van der Waals surface area (Å²) in [6, 6.07) is 2.14. The van der Waals surface area contributed by atoms with E-state index in [4.69, 9.17) is 0 Å². The first-order chi connectivity index (χ1) is 13.4. The smallest absolute Gasteiger partial charge is 0.214 e. The minimum Gasteiger partial charge on any atom is -0.345 e. The number of nitrogens with zero attached hydrogens (tertiary/aromatic N) is 5. The molecule has 1 fully saturated rings. The Labute approximate surface area is 166 Å². The predicted molar refractivity (Wildman–Crippen MR) is 111 cm³/mol. The van der Waals surface area contributed by atoms with E-state index in [1.165, 1.54) is 0 Å². The minimum atomic E-state index is -3.24. The molecule has 0 spiro atoms. The van der Waals surface area contributed by atoms with Crippen molar-refractivity contribution in [1.82, 2.24) is 18.8 Å². The van der Waals surface area contributed by atoms with Crippen molar-refractivity contribution in [3.63, 3.8) is 0 Å². The molecule has 0 saturated heterocycles. The summed E-state index contributed by atoms with van der Waals surface area (Å²) in [7, 11) is -3.24. The predicted octanol–water partition coefficient (Wildman–Crippen LogP) is 2.53. The molecule has 0 radical (unpaired) electrons. The first kappa shape index (κ1) is 20.7. The molecule has 0 amide bonds. The van der Waals surface area contributed by atoms with Crippen molar-refractivity contribution in [2.45, 2.75) is 46.1 Å². The lowest BCUT2D eigenvalue weighted by Crippen LogP contribution is -2.34. The van der Waals surface area contributed by atoms with Gasteiger partial charge in [-0.3, -0.25) is 0 Å². The van der Waals surface area contributed by atoms with E-state index in [1.807, 2.05) is 26.1 Å². The second-order valence-corrected chi connectivity index (χ2v) is 9.39. The number of rotatable bonds is 8. The molecule has 3 atom stereocenters. The summed E-state index contributed by atoms with van der Waals surface area (Å²) < 4.78 is 29.3. The van der Waals surface area contributed by atoms with Gasteiger partial charge in [-0.1, -0.05) is 27.2 Å². The average Bonchev–Trinajstić information content (AvgIpc) is 3.28. The Hall–Kier alpha value is -2.00. The zero-order chi connectivity index (χ0) is 20.3. The third kappa shape index (κ3) is 3.91. The lowest BCUT2D eigenvalue weighted by atomic mass is 10.00. The van der Waals surface area contributed by atoms with Crippen LogP contribution in [0.4, 0.5) is 0 Å². The Bertz CT molecular complexity index is 989. The monoisotopic (exact) mass is 406 g/mol. The van der Waals surface area contributed by atoms with Crippen molar-refractivity contribution >= 4 is 27.9 Å². The normalized spacial score (nSPS) is 23.7. The van der Waals surface area contributed by atoms with E-state index in [0.717, 1.165) is 30.4 Å². The molecule has 2 heterocycles. The fraction of sp³-hybridized carbons (Fsp3) is 0.632. The molecule has 3 rings (SSSR count). The summed E-state index contributed by atoms with van der Waals surface area (Å²) in [6.07, 6.45) is 6.23. The molecule has 1 aliphatic carbocycles. The van der Waals surface area contributed by atoms with Crippen LogP contribution in [0.2, 0.25) is 0 Å². The zero-order valence-corrected chi connectivity index (χ0v) is 17.7. The molecule has 2 aromatic heterocycles. The van der Waals surface area contributed by atoms with Gasteiger partial charge >= 0.3 is 0 Å². The standard InChI is InChI=1S/C19H30N6O2S/c1-5-15-10-14(13-28(26,27)24(6-2)7-3)11-17(15)25-16-8-9-21-19(16)22-12-18(25)23-20-4/h8-9,12,14-15,17,21H,4-7,10-11,13H2,1-3H3/b23-18-/t14-,15+,17?/m1/s1. The highest BCUT2D eigenvalue weighted by Gasteiger charge is 2.38. The Kier molecular flexibility index (Phi) is 6.34. The van der Waals surface area contributed by atoms with Crippen LogP contribution in [-0.2, 0) is 10.0 Å². The summed E-state index contributed by atoms with van der Waals surface area (Å²) in [5.74, 6) is 0.705. The quantitative estimate of drug-likeness (QED) is 0.539. The van der Waals surface area contributed by atoms with Gasteiger partial charge in [0.2, 0.25) is 10.0 Å². The maximum atomic E-state index is 12.8. The van der Waals surface area contributed by atoms with Gasteiger partial charge < -0.3 is 9.55 Å².